The molecule has 0 aliphatic heterocycles. The van der Waals surface area contributed by atoms with Gasteiger partial charge in [-0.3, -0.25) is 14.7 Å². The number of para-hydroxylation sites is 2. The molecule has 0 saturated heterocycles. The Morgan fingerprint density at radius 2 is 1.48 bits per heavy atom. The van der Waals surface area contributed by atoms with Crippen molar-refractivity contribution in [3.8, 4) is 22.9 Å². The zero-order valence-electron chi connectivity index (χ0n) is 16.1. The fourth-order valence-corrected chi connectivity index (χ4v) is 3.61. The topological polar surface area (TPSA) is 124 Å². The maximum absolute atomic E-state index is 10.9. The van der Waals surface area contributed by atoms with Crippen LogP contribution in [0.4, 0.5) is 11.5 Å². The maximum atomic E-state index is 10.9. The molecule has 0 amide bonds. The van der Waals surface area contributed by atoms with E-state index in [0.29, 0.717) is 22.2 Å². The van der Waals surface area contributed by atoms with E-state index in [1.807, 2.05) is 48.5 Å². The summed E-state index contributed by atoms with van der Waals surface area (Å²) in [6, 6.07) is 23.5. The van der Waals surface area contributed by atoms with E-state index in [1.165, 1.54) is 12.1 Å². The van der Waals surface area contributed by atoms with Gasteiger partial charge in [0.05, 0.1) is 16.0 Å². The van der Waals surface area contributed by atoms with Crippen molar-refractivity contribution in [2.45, 2.75) is 0 Å². The highest BCUT2D eigenvalue weighted by atomic mass is 16.6. The Hall–Kier alpha value is -4.77. The van der Waals surface area contributed by atoms with Gasteiger partial charge in [-0.2, -0.15) is 5.26 Å². The Balaban J connectivity index is 1.64. The van der Waals surface area contributed by atoms with Crippen LogP contribution in [0, 0.1) is 21.4 Å². The van der Waals surface area contributed by atoms with Crippen molar-refractivity contribution in [1.29, 1.82) is 5.26 Å². The molecule has 0 radical (unpaired) electrons. The number of nitro groups is 1. The predicted molar refractivity (Wildman–Crippen MR) is 118 cm³/mol. The van der Waals surface area contributed by atoms with Crippen LogP contribution in [0.1, 0.15) is 5.56 Å². The minimum atomic E-state index is -0.426. The van der Waals surface area contributed by atoms with Crippen molar-refractivity contribution in [3.63, 3.8) is 0 Å². The third kappa shape index (κ3) is 2.92. The molecule has 0 aliphatic carbocycles. The van der Waals surface area contributed by atoms with Crippen molar-refractivity contribution >= 4 is 33.7 Å². The van der Waals surface area contributed by atoms with Crippen LogP contribution in [-0.4, -0.2) is 19.5 Å². The molecule has 31 heavy (non-hydrogen) atoms. The average molecular weight is 406 g/mol. The van der Waals surface area contributed by atoms with E-state index in [0.717, 1.165) is 16.8 Å². The SMILES string of the molecule is N#Cc1c(N)n(-c2ccc(-c3ccc([N+](=O)[O-])cc3)cc2)c2nc3ccccc3nc12. The molecule has 0 atom stereocenters. The molecule has 2 aromatic heterocycles. The summed E-state index contributed by atoms with van der Waals surface area (Å²) in [6.07, 6.45) is 0. The highest BCUT2D eigenvalue weighted by molar-refractivity contribution is 5.93. The van der Waals surface area contributed by atoms with E-state index < -0.39 is 4.92 Å². The summed E-state index contributed by atoms with van der Waals surface area (Å²) >= 11 is 0. The molecule has 0 aliphatic rings. The van der Waals surface area contributed by atoms with Crippen LogP contribution in [0.15, 0.2) is 72.8 Å². The molecular formula is C23H14N6O2. The van der Waals surface area contributed by atoms with Crippen molar-refractivity contribution in [3.05, 3.63) is 88.5 Å². The molecule has 148 valence electrons. The molecule has 0 saturated carbocycles. The second kappa shape index (κ2) is 6.93. The van der Waals surface area contributed by atoms with Gasteiger partial charge in [0, 0.05) is 17.8 Å². The minimum Gasteiger partial charge on any atom is -0.384 e. The highest BCUT2D eigenvalue weighted by Gasteiger charge is 2.19. The molecule has 8 heteroatoms. The number of hydrogen-bond donors (Lipinski definition) is 1. The number of nitro benzene ring substituents is 1. The zero-order chi connectivity index (χ0) is 21.5. The normalized spacial score (nSPS) is 10.9. The number of hydrogen-bond acceptors (Lipinski definition) is 6. The molecular weight excluding hydrogens is 392 g/mol. The van der Waals surface area contributed by atoms with E-state index in [4.69, 9.17) is 10.7 Å². The number of nitriles is 1. The first-order valence-electron chi connectivity index (χ1n) is 9.39. The van der Waals surface area contributed by atoms with Gasteiger partial charge >= 0.3 is 0 Å². The molecule has 0 bridgehead atoms. The first-order valence-corrected chi connectivity index (χ1v) is 9.39. The van der Waals surface area contributed by atoms with Gasteiger partial charge in [0.2, 0.25) is 0 Å². The number of aromatic nitrogens is 3. The molecule has 2 N–H and O–H groups in total. The van der Waals surface area contributed by atoms with Crippen LogP contribution in [0.25, 0.3) is 39.0 Å². The number of benzene rings is 3. The number of non-ortho nitro benzene ring substituents is 1. The van der Waals surface area contributed by atoms with Crippen LogP contribution in [0.3, 0.4) is 0 Å². The third-order valence-electron chi connectivity index (χ3n) is 5.15. The summed E-state index contributed by atoms with van der Waals surface area (Å²) in [5.74, 6) is 0.274. The monoisotopic (exact) mass is 406 g/mol. The van der Waals surface area contributed by atoms with Crippen LogP contribution in [0.2, 0.25) is 0 Å². The Labute approximate surface area is 176 Å². The van der Waals surface area contributed by atoms with Gasteiger partial charge in [-0.05, 0) is 47.5 Å². The lowest BCUT2D eigenvalue weighted by molar-refractivity contribution is -0.384. The van der Waals surface area contributed by atoms with Gasteiger partial charge in [0.1, 0.15) is 23.0 Å². The Morgan fingerprint density at radius 3 is 2.06 bits per heavy atom. The first-order chi connectivity index (χ1) is 15.1. The number of nitrogens with two attached hydrogens (primary N) is 1. The number of nitrogens with zero attached hydrogens (tertiary/aromatic N) is 5. The molecule has 8 nitrogen and oxygen atoms in total. The molecule has 0 fully saturated rings. The summed E-state index contributed by atoms with van der Waals surface area (Å²) in [5.41, 5.74) is 11.5. The predicted octanol–water partition coefficient (Wildman–Crippen LogP) is 4.60. The Bertz CT molecular complexity index is 1510. The van der Waals surface area contributed by atoms with Gasteiger partial charge in [0.15, 0.2) is 5.65 Å². The van der Waals surface area contributed by atoms with Crippen molar-refractivity contribution in [1.82, 2.24) is 14.5 Å². The molecule has 2 heterocycles. The quantitative estimate of drug-likeness (QED) is 0.345. The molecule has 0 spiro atoms. The van der Waals surface area contributed by atoms with Gasteiger partial charge in [0.25, 0.3) is 5.69 Å². The van der Waals surface area contributed by atoms with E-state index >= 15 is 0 Å². The Kier molecular flexibility index (Phi) is 4.08. The second-order valence-corrected chi connectivity index (χ2v) is 6.94. The first kappa shape index (κ1) is 18.3. The van der Waals surface area contributed by atoms with E-state index in [1.54, 1.807) is 16.7 Å². The number of rotatable bonds is 3. The van der Waals surface area contributed by atoms with Crippen LogP contribution >= 0.6 is 0 Å². The Morgan fingerprint density at radius 1 is 0.903 bits per heavy atom. The van der Waals surface area contributed by atoms with Crippen LogP contribution in [0.5, 0.6) is 0 Å². The van der Waals surface area contributed by atoms with Gasteiger partial charge < -0.3 is 5.73 Å². The molecule has 5 aromatic rings. The van der Waals surface area contributed by atoms with Crippen molar-refractivity contribution in [2.24, 2.45) is 0 Å². The molecule has 3 aromatic carbocycles. The second-order valence-electron chi connectivity index (χ2n) is 6.94. The minimum absolute atomic E-state index is 0.0433. The fourth-order valence-electron chi connectivity index (χ4n) is 3.61. The molecule has 5 rings (SSSR count). The lowest BCUT2D eigenvalue weighted by Crippen LogP contribution is -2.01. The third-order valence-corrected chi connectivity index (χ3v) is 5.15. The number of nitrogen functional groups attached to an aromatic ring is 1. The summed E-state index contributed by atoms with van der Waals surface area (Å²) in [7, 11) is 0. The van der Waals surface area contributed by atoms with Crippen molar-refractivity contribution in [2.75, 3.05) is 5.73 Å². The van der Waals surface area contributed by atoms with E-state index in [-0.39, 0.29) is 17.1 Å². The van der Waals surface area contributed by atoms with Gasteiger partial charge in [-0.1, -0.05) is 24.3 Å². The lowest BCUT2D eigenvalue weighted by atomic mass is 10.1. The summed E-state index contributed by atoms with van der Waals surface area (Å²) < 4.78 is 1.72. The lowest BCUT2D eigenvalue weighted by Gasteiger charge is -2.09. The van der Waals surface area contributed by atoms with Gasteiger partial charge in [-0.25, -0.2) is 9.97 Å². The fraction of sp³-hybridized carbons (Fsp3) is 0. The number of fused-ring (bicyclic) bond motifs is 2. The summed E-state index contributed by atoms with van der Waals surface area (Å²) in [5, 5.41) is 20.5. The van der Waals surface area contributed by atoms with Crippen molar-refractivity contribution < 1.29 is 4.92 Å². The van der Waals surface area contributed by atoms with E-state index in [9.17, 15) is 15.4 Å². The standard InChI is InChI=1S/C23H14N6O2/c24-13-18-21-23(27-20-4-2-1-3-19(20)26-21)28(22(18)25)16-9-5-14(6-10-16)15-7-11-17(12-8-15)29(30)31/h1-12H,25H2. The van der Waals surface area contributed by atoms with Gasteiger partial charge in [-0.15, -0.1) is 0 Å². The summed E-state index contributed by atoms with van der Waals surface area (Å²) in [4.78, 5) is 19.7. The average Bonchev–Trinajstić information content (AvgIpc) is 3.07. The van der Waals surface area contributed by atoms with E-state index in [2.05, 4.69) is 11.1 Å². The zero-order valence-corrected chi connectivity index (χ0v) is 16.1. The van der Waals surface area contributed by atoms with Crippen LogP contribution < -0.4 is 5.73 Å². The smallest absolute Gasteiger partial charge is 0.269 e. The van der Waals surface area contributed by atoms with Crippen LogP contribution in [-0.2, 0) is 0 Å². The molecule has 0 unspecified atom stereocenters. The largest absolute Gasteiger partial charge is 0.384 e. The highest BCUT2D eigenvalue weighted by Crippen LogP contribution is 2.31. The number of anilines is 1. The maximum Gasteiger partial charge on any atom is 0.269 e. The summed E-state index contributed by atoms with van der Waals surface area (Å²) in [6.45, 7) is 0.